The van der Waals surface area contributed by atoms with Crippen LogP contribution < -0.4 is 5.32 Å². The summed E-state index contributed by atoms with van der Waals surface area (Å²) in [7, 11) is 0. The topological polar surface area (TPSA) is 46.9 Å². The molecule has 0 spiro atoms. The van der Waals surface area contributed by atoms with Gasteiger partial charge >= 0.3 is 0 Å². The second-order valence-corrected chi connectivity index (χ2v) is 5.54. The fourth-order valence-corrected chi connectivity index (χ4v) is 2.45. The highest BCUT2D eigenvalue weighted by Gasteiger charge is 2.08. The molecule has 3 rings (SSSR count). The van der Waals surface area contributed by atoms with Crippen LogP contribution in [-0.4, -0.2) is 15.5 Å². The molecule has 3 aromatic rings. The van der Waals surface area contributed by atoms with Crippen molar-refractivity contribution >= 4 is 12.0 Å². The zero-order chi connectivity index (χ0) is 16.8. The average Bonchev–Trinajstić information content (AvgIpc) is 3.16. The average molecular weight is 317 g/mol. The molecule has 1 unspecified atom stereocenters. The van der Waals surface area contributed by atoms with E-state index in [2.05, 4.69) is 10.3 Å². The summed E-state index contributed by atoms with van der Waals surface area (Å²) < 4.78 is 1.94. The Morgan fingerprint density at radius 1 is 1.17 bits per heavy atom. The highest BCUT2D eigenvalue weighted by atomic mass is 16.1. The fourth-order valence-electron chi connectivity index (χ4n) is 2.45. The van der Waals surface area contributed by atoms with Crippen molar-refractivity contribution in [1.29, 1.82) is 0 Å². The molecule has 0 saturated carbocycles. The summed E-state index contributed by atoms with van der Waals surface area (Å²) in [4.78, 5) is 16.2. The van der Waals surface area contributed by atoms with Crippen LogP contribution in [0.15, 0.2) is 79.4 Å². The van der Waals surface area contributed by atoms with Gasteiger partial charge in [-0.1, -0.05) is 42.5 Å². The third-order valence-corrected chi connectivity index (χ3v) is 3.76. The maximum atomic E-state index is 12.1. The number of carbonyl (C=O) groups is 1. The maximum Gasteiger partial charge on any atom is 0.244 e. The Morgan fingerprint density at radius 3 is 2.75 bits per heavy atom. The van der Waals surface area contributed by atoms with E-state index in [-0.39, 0.29) is 11.9 Å². The second kappa shape index (κ2) is 7.42. The molecule has 0 saturated heterocycles. The van der Waals surface area contributed by atoms with E-state index >= 15 is 0 Å². The minimum atomic E-state index is -0.112. The summed E-state index contributed by atoms with van der Waals surface area (Å²) >= 11 is 0. The lowest BCUT2D eigenvalue weighted by atomic mass is 10.1. The standard InChI is InChI=1S/C20H19N3O/c1-16(22-20(24)11-10-17-6-3-2-4-7-17)18-8-5-9-19(14-18)23-13-12-21-15-23/h2-16H,1H3,(H,22,24). The van der Waals surface area contributed by atoms with Gasteiger partial charge in [0.15, 0.2) is 0 Å². The van der Waals surface area contributed by atoms with Gasteiger partial charge in [0.2, 0.25) is 5.91 Å². The number of hydrogen-bond donors (Lipinski definition) is 1. The van der Waals surface area contributed by atoms with Gasteiger partial charge in [-0.05, 0) is 36.3 Å². The van der Waals surface area contributed by atoms with Crippen LogP contribution in [0.25, 0.3) is 11.8 Å². The summed E-state index contributed by atoms with van der Waals surface area (Å²) in [6, 6.07) is 17.7. The van der Waals surface area contributed by atoms with E-state index in [0.29, 0.717) is 0 Å². The molecule has 1 heterocycles. The van der Waals surface area contributed by atoms with Crippen molar-refractivity contribution in [3.63, 3.8) is 0 Å². The number of benzene rings is 2. The zero-order valence-electron chi connectivity index (χ0n) is 13.5. The van der Waals surface area contributed by atoms with E-state index in [0.717, 1.165) is 16.8 Å². The molecule has 1 N–H and O–H groups in total. The molecule has 1 atom stereocenters. The minimum Gasteiger partial charge on any atom is -0.346 e. The first-order chi connectivity index (χ1) is 11.7. The minimum absolute atomic E-state index is 0.0820. The van der Waals surface area contributed by atoms with Crippen LogP contribution in [0.5, 0.6) is 0 Å². The second-order valence-electron chi connectivity index (χ2n) is 5.54. The van der Waals surface area contributed by atoms with Crippen molar-refractivity contribution in [3.8, 4) is 5.69 Å². The number of nitrogens with zero attached hydrogens (tertiary/aromatic N) is 2. The van der Waals surface area contributed by atoms with Crippen LogP contribution >= 0.6 is 0 Å². The molecule has 0 aliphatic heterocycles. The predicted octanol–water partition coefficient (Wildman–Crippen LogP) is 3.76. The number of imidazole rings is 1. The monoisotopic (exact) mass is 317 g/mol. The van der Waals surface area contributed by atoms with Crippen LogP contribution in [0.3, 0.4) is 0 Å². The summed E-state index contributed by atoms with van der Waals surface area (Å²) in [5, 5.41) is 2.99. The zero-order valence-corrected chi connectivity index (χ0v) is 13.5. The number of amides is 1. The van der Waals surface area contributed by atoms with E-state index in [9.17, 15) is 4.79 Å². The smallest absolute Gasteiger partial charge is 0.244 e. The van der Waals surface area contributed by atoms with Crippen molar-refractivity contribution in [2.75, 3.05) is 0 Å². The summed E-state index contributed by atoms with van der Waals surface area (Å²) in [5.41, 5.74) is 3.07. The van der Waals surface area contributed by atoms with Crippen molar-refractivity contribution in [2.45, 2.75) is 13.0 Å². The van der Waals surface area contributed by atoms with E-state index < -0.39 is 0 Å². The number of nitrogens with one attached hydrogen (secondary N) is 1. The molecule has 0 aliphatic carbocycles. The van der Waals surface area contributed by atoms with Crippen LogP contribution in [0.2, 0.25) is 0 Å². The molecule has 1 aromatic heterocycles. The molecular formula is C20H19N3O. The maximum absolute atomic E-state index is 12.1. The van der Waals surface area contributed by atoms with Gasteiger partial charge in [-0.3, -0.25) is 4.79 Å². The van der Waals surface area contributed by atoms with Gasteiger partial charge in [-0.2, -0.15) is 0 Å². The molecule has 1 amide bonds. The molecular weight excluding hydrogens is 298 g/mol. The molecule has 4 heteroatoms. The van der Waals surface area contributed by atoms with Gasteiger partial charge < -0.3 is 9.88 Å². The number of hydrogen-bond acceptors (Lipinski definition) is 2. The molecule has 0 aliphatic rings. The molecule has 120 valence electrons. The first-order valence-corrected chi connectivity index (χ1v) is 7.84. The summed E-state index contributed by atoms with van der Waals surface area (Å²) in [6.07, 6.45) is 8.76. The third-order valence-electron chi connectivity index (χ3n) is 3.76. The van der Waals surface area contributed by atoms with Gasteiger partial charge in [0.1, 0.15) is 0 Å². The molecule has 24 heavy (non-hydrogen) atoms. The van der Waals surface area contributed by atoms with Crippen LogP contribution in [-0.2, 0) is 4.79 Å². The van der Waals surface area contributed by atoms with E-state index in [1.807, 2.05) is 78.4 Å². The first kappa shape index (κ1) is 15.7. The van der Waals surface area contributed by atoms with Crippen molar-refractivity contribution in [1.82, 2.24) is 14.9 Å². The van der Waals surface area contributed by atoms with Gasteiger partial charge in [0, 0.05) is 24.2 Å². The molecule has 2 aromatic carbocycles. The Hall–Kier alpha value is -3.14. The van der Waals surface area contributed by atoms with Gasteiger partial charge in [0.25, 0.3) is 0 Å². The van der Waals surface area contributed by atoms with Gasteiger partial charge in [-0.25, -0.2) is 4.98 Å². The largest absolute Gasteiger partial charge is 0.346 e. The number of aromatic nitrogens is 2. The predicted molar refractivity (Wildman–Crippen MR) is 95.6 cm³/mol. The van der Waals surface area contributed by atoms with E-state index in [1.54, 1.807) is 18.6 Å². The third kappa shape index (κ3) is 3.98. The Labute approximate surface area is 141 Å². The lowest BCUT2D eigenvalue weighted by Crippen LogP contribution is -2.24. The van der Waals surface area contributed by atoms with Crippen LogP contribution in [0.1, 0.15) is 24.1 Å². The van der Waals surface area contributed by atoms with Crippen molar-refractivity contribution in [2.24, 2.45) is 0 Å². The summed E-state index contributed by atoms with van der Waals surface area (Å²) in [6.45, 7) is 1.97. The van der Waals surface area contributed by atoms with Gasteiger partial charge in [-0.15, -0.1) is 0 Å². The first-order valence-electron chi connectivity index (χ1n) is 7.84. The highest BCUT2D eigenvalue weighted by molar-refractivity contribution is 5.91. The van der Waals surface area contributed by atoms with Gasteiger partial charge in [0.05, 0.1) is 12.4 Å². The Kier molecular flexibility index (Phi) is 4.87. The number of carbonyl (C=O) groups excluding carboxylic acids is 1. The Bertz CT molecular complexity index is 823. The number of rotatable bonds is 5. The van der Waals surface area contributed by atoms with Crippen LogP contribution in [0.4, 0.5) is 0 Å². The normalized spacial score (nSPS) is 12.2. The molecule has 4 nitrogen and oxygen atoms in total. The summed E-state index contributed by atoms with van der Waals surface area (Å²) in [5.74, 6) is -0.112. The molecule has 0 fully saturated rings. The van der Waals surface area contributed by atoms with Crippen LogP contribution in [0, 0.1) is 0 Å². The Balaban J connectivity index is 1.66. The van der Waals surface area contributed by atoms with Crippen molar-refractivity contribution < 1.29 is 4.79 Å². The SMILES string of the molecule is CC(NC(=O)C=Cc1ccccc1)c1cccc(-n2ccnc2)c1. The lowest BCUT2D eigenvalue weighted by molar-refractivity contribution is -0.117. The molecule has 0 radical (unpaired) electrons. The van der Waals surface area contributed by atoms with E-state index in [1.165, 1.54) is 0 Å². The highest BCUT2D eigenvalue weighted by Crippen LogP contribution is 2.17. The molecule has 0 bridgehead atoms. The quantitative estimate of drug-likeness (QED) is 0.728. The van der Waals surface area contributed by atoms with Crippen molar-refractivity contribution in [3.05, 3.63) is 90.5 Å². The Morgan fingerprint density at radius 2 is 2.00 bits per heavy atom. The lowest BCUT2D eigenvalue weighted by Gasteiger charge is -2.14. The fraction of sp³-hybridized carbons (Fsp3) is 0.100. The van der Waals surface area contributed by atoms with E-state index in [4.69, 9.17) is 0 Å².